The Morgan fingerprint density at radius 2 is 1.66 bits per heavy atom. The van der Waals surface area contributed by atoms with E-state index in [0.29, 0.717) is 18.4 Å². The van der Waals surface area contributed by atoms with E-state index in [1.165, 1.54) is 42.5 Å². The molecule has 4 amide bonds. The number of aliphatic carboxylic acids is 2. The van der Waals surface area contributed by atoms with Gasteiger partial charge in [-0.25, -0.2) is 9.59 Å². The second-order valence-corrected chi connectivity index (χ2v) is 12.2. The van der Waals surface area contributed by atoms with Gasteiger partial charge >= 0.3 is 17.9 Å². The summed E-state index contributed by atoms with van der Waals surface area (Å²) in [5, 5.41) is 37.3. The van der Waals surface area contributed by atoms with Crippen molar-refractivity contribution in [1.82, 2.24) is 21.0 Å². The molecule has 0 saturated carbocycles. The number of carboxylic acid groups (broad SMARTS) is 2. The van der Waals surface area contributed by atoms with Crippen LogP contribution in [0, 0.1) is 16.0 Å². The molecule has 0 aliphatic heterocycles. The van der Waals surface area contributed by atoms with E-state index in [9.17, 15) is 48.8 Å². The number of nitro groups is 1. The first-order valence-corrected chi connectivity index (χ1v) is 17.6. The molecule has 56 heavy (non-hydrogen) atoms. The lowest BCUT2D eigenvalue weighted by atomic mass is 9.90. The number of ether oxygens (including phenoxy) is 1. The van der Waals surface area contributed by atoms with Crippen molar-refractivity contribution in [3.05, 3.63) is 81.6 Å². The van der Waals surface area contributed by atoms with Gasteiger partial charge < -0.3 is 40.2 Å². The Kier molecular flexibility index (Phi) is 16.5. The molecule has 3 rings (SSSR count). The second-order valence-electron chi connectivity index (χ2n) is 12.2. The van der Waals surface area contributed by atoms with Gasteiger partial charge in [-0.2, -0.15) is 5.06 Å². The molecule has 0 aliphatic carbocycles. The smallest absolute Gasteiger partial charge is 0.363 e. The molecule has 19 nitrogen and oxygen atoms in total. The van der Waals surface area contributed by atoms with Crippen molar-refractivity contribution in [2.45, 2.75) is 71.4 Å². The molecule has 0 fully saturated rings. The first-order valence-electron chi connectivity index (χ1n) is 17.6. The fourth-order valence-corrected chi connectivity index (χ4v) is 5.58. The zero-order valence-electron chi connectivity index (χ0n) is 30.9. The van der Waals surface area contributed by atoms with Crippen LogP contribution in [0.15, 0.2) is 59.0 Å². The predicted molar refractivity (Wildman–Crippen MR) is 195 cm³/mol. The van der Waals surface area contributed by atoms with Crippen LogP contribution in [0.1, 0.15) is 90.6 Å². The lowest BCUT2D eigenvalue weighted by Gasteiger charge is -2.31. The number of carboxylic acids is 2. The van der Waals surface area contributed by atoms with E-state index >= 15 is 0 Å². The number of nitrogens with zero attached hydrogens (tertiary/aromatic N) is 2. The first-order chi connectivity index (χ1) is 26.7. The number of carbonyl (C=O) groups is 7. The zero-order valence-corrected chi connectivity index (χ0v) is 30.9. The Balaban J connectivity index is 1.69. The highest BCUT2D eigenvalue weighted by molar-refractivity contribution is 6.00. The summed E-state index contributed by atoms with van der Waals surface area (Å²) in [5.74, 6) is -6.77. The van der Waals surface area contributed by atoms with Gasteiger partial charge in [0.1, 0.15) is 17.6 Å². The van der Waals surface area contributed by atoms with Crippen LogP contribution in [0.3, 0.4) is 0 Å². The Morgan fingerprint density at radius 3 is 2.25 bits per heavy atom. The Bertz CT molecular complexity index is 1890. The van der Waals surface area contributed by atoms with Gasteiger partial charge in [0.05, 0.1) is 47.7 Å². The number of hydrogen-bond acceptors (Lipinski definition) is 12. The summed E-state index contributed by atoms with van der Waals surface area (Å²) in [6.45, 7) is 5.12. The lowest BCUT2D eigenvalue weighted by molar-refractivity contribution is -0.384. The molecule has 5 N–H and O–H groups in total. The summed E-state index contributed by atoms with van der Waals surface area (Å²) < 4.78 is 11.3. The Labute approximate surface area is 320 Å². The summed E-state index contributed by atoms with van der Waals surface area (Å²) in [7, 11) is 0. The summed E-state index contributed by atoms with van der Waals surface area (Å²) in [4.78, 5) is 102. The monoisotopic (exact) mass is 781 g/mol. The quantitative estimate of drug-likeness (QED) is 0.0300. The maximum atomic E-state index is 13.5. The number of hydrogen-bond donors (Lipinski definition) is 5. The molecule has 0 unspecified atom stereocenters. The molecule has 300 valence electrons. The van der Waals surface area contributed by atoms with Crippen LogP contribution < -0.4 is 20.7 Å². The fourth-order valence-electron chi connectivity index (χ4n) is 5.58. The van der Waals surface area contributed by atoms with Crippen LogP contribution in [-0.4, -0.2) is 87.6 Å². The summed E-state index contributed by atoms with van der Waals surface area (Å²) in [5.41, 5.74) is 0.0268. The molecule has 0 spiro atoms. The van der Waals surface area contributed by atoms with E-state index in [1.807, 2.05) is 6.92 Å². The number of hydroxylamine groups is 2. The molecule has 1 aromatic heterocycles. The van der Waals surface area contributed by atoms with Crippen molar-refractivity contribution in [1.29, 1.82) is 0 Å². The molecular weight excluding hydrogens is 738 g/mol. The fraction of sp³-hybridized carbons (Fsp3) is 0.378. The molecule has 0 bridgehead atoms. The number of unbranched alkanes of at least 4 members (excludes halogenated alkanes) is 2. The third-order valence-electron chi connectivity index (χ3n) is 8.41. The van der Waals surface area contributed by atoms with Crippen molar-refractivity contribution >= 4 is 47.7 Å². The number of furan rings is 1. The Morgan fingerprint density at radius 1 is 0.946 bits per heavy atom. The minimum Gasteiger partial charge on any atom is -0.493 e. The van der Waals surface area contributed by atoms with Gasteiger partial charge in [0.15, 0.2) is 5.76 Å². The summed E-state index contributed by atoms with van der Waals surface area (Å²) in [6, 6.07) is 9.10. The molecular formula is C37H43N5O14. The molecule has 1 heterocycles. The van der Waals surface area contributed by atoms with E-state index in [-0.39, 0.29) is 60.2 Å². The number of nitrogens with one attached hydrogen (secondary N) is 3. The first kappa shape index (κ1) is 43.6. The van der Waals surface area contributed by atoms with Crippen molar-refractivity contribution < 1.29 is 62.7 Å². The average molecular weight is 782 g/mol. The standard InChI is InChI=1S/C37H43N5O14/c1-4-7-8-9-25(28(5-2)41(21-43)56-37(51)22-10-13-24(14-11-22)42(52)53)33(46)38-20-39-35(48)30-17-16-29(55-30)23-12-15-26(31(18-23)54-6-3)34(47)40-27(36(49)50)19-32(44)45/h10-18,21,25,27-28H,4-9,19-20H2,1-3H3,(H,38,46)(H,39,48)(H,40,47)(H,44,45)(H,49,50)/t25-,27+,28-/m1/s1. The number of nitro benzene ring substituents is 1. The van der Waals surface area contributed by atoms with Gasteiger partial charge in [-0.05, 0) is 56.2 Å². The van der Waals surface area contributed by atoms with Crippen molar-refractivity contribution in [2.24, 2.45) is 5.92 Å². The lowest BCUT2D eigenvalue weighted by Crippen LogP contribution is -2.49. The molecule has 0 saturated heterocycles. The molecule has 0 aliphatic rings. The van der Waals surface area contributed by atoms with Crippen molar-refractivity contribution in [2.75, 3.05) is 13.3 Å². The number of non-ortho nitro benzene ring substituents is 1. The summed E-state index contributed by atoms with van der Waals surface area (Å²) in [6.07, 6.45) is 2.20. The predicted octanol–water partition coefficient (Wildman–Crippen LogP) is 3.92. The van der Waals surface area contributed by atoms with Crippen LogP contribution in [0.25, 0.3) is 11.3 Å². The van der Waals surface area contributed by atoms with Crippen molar-refractivity contribution in [3.8, 4) is 17.1 Å². The number of amides is 4. The van der Waals surface area contributed by atoms with Gasteiger partial charge in [-0.15, -0.1) is 0 Å². The van der Waals surface area contributed by atoms with Gasteiger partial charge in [0, 0.05) is 17.7 Å². The third kappa shape index (κ3) is 12.1. The van der Waals surface area contributed by atoms with Gasteiger partial charge in [-0.1, -0.05) is 39.2 Å². The van der Waals surface area contributed by atoms with Gasteiger partial charge in [-0.3, -0.25) is 34.1 Å². The SMILES string of the molecule is CCCCC[C@@H](C(=O)NCNC(=O)c1ccc(-c2ccc(C(=O)N[C@@H](CC(=O)O)C(=O)O)c(OCC)c2)o1)[C@@H](CC)N(C=O)OC(=O)c1ccc([N+](=O)[O-])cc1. The van der Waals surface area contributed by atoms with Crippen LogP contribution in [0.5, 0.6) is 5.75 Å². The van der Waals surface area contributed by atoms with Gasteiger partial charge in [0.2, 0.25) is 12.3 Å². The molecule has 0 radical (unpaired) electrons. The third-order valence-corrected chi connectivity index (χ3v) is 8.41. The minimum absolute atomic E-state index is 0.0419. The average Bonchev–Trinajstić information content (AvgIpc) is 3.67. The van der Waals surface area contributed by atoms with Crippen LogP contribution in [0.4, 0.5) is 5.69 Å². The zero-order chi connectivity index (χ0) is 41.4. The van der Waals surface area contributed by atoms with Gasteiger partial charge in [0.25, 0.3) is 17.5 Å². The number of rotatable bonds is 23. The second kappa shape index (κ2) is 21.2. The minimum atomic E-state index is -1.68. The van der Waals surface area contributed by atoms with Crippen LogP contribution >= 0.6 is 0 Å². The van der Waals surface area contributed by atoms with Crippen LogP contribution in [0.2, 0.25) is 0 Å². The largest absolute Gasteiger partial charge is 0.493 e. The molecule has 3 atom stereocenters. The molecule has 19 heteroatoms. The topological polar surface area (TPSA) is 274 Å². The normalized spacial score (nSPS) is 12.3. The highest BCUT2D eigenvalue weighted by Gasteiger charge is 2.34. The van der Waals surface area contributed by atoms with E-state index in [0.717, 1.165) is 30.0 Å². The Hall–Kier alpha value is -6.79. The van der Waals surface area contributed by atoms with Crippen LogP contribution in [-0.2, 0) is 24.0 Å². The van der Waals surface area contributed by atoms with E-state index in [2.05, 4.69) is 16.0 Å². The van der Waals surface area contributed by atoms with E-state index < -0.39 is 65.0 Å². The maximum absolute atomic E-state index is 13.5. The highest BCUT2D eigenvalue weighted by atomic mass is 16.7. The summed E-state index contributed by atoms with van der Waals surface area (Å²) >= 11 is 0. The van der Waals surface area contributed by atoms with Crippen molar-refractivity contribution in [3.63, 3.8) is 0 Å². The van der Waals surface area contributed by atoms with E-state index in [1.54, 1.807) is 13.8 Å². The highest BCUT2D eigenvalue weighted by Crippen LogP contribution is 2.29. The van der Waals surface area contributed by atoms with E-state index in [4.69, 9.17) is 19.1 Å². The molecule has 3 aromatic rings. The maximum Gasteiger partial charge on any atom is 0.363 e. The number of benzene rings is 2. The number of carbonyl (C=O) groups excluding carboxylic acids is 5. The molecule has 2 aromatic carbocycles.